The minimum atomic E-state index is -4.42. The fraction of sp³-hybridized carbons (Fsp3) is 0.485. The number of hydrogen-bond donors (Lipinski definition) is 2. The molecular formula is C33H36F3N2O3+. The lowest BCUT2D eigenvalue weighted by atomic mass is 9.50. The molecule has 2 bridgehead atoms. The number of carbonyl (C=O) groups is 1. The molecule has 1 saturated heterocycles. The van der Waals surface area contributed by atoms with Crippen LogP contribution in [0.25, 0.3) is 0 Å². The molecule has 2 aromatic rings. The number of alkyl halides is 3. The van der Waals surface area contributed by atoms with Crippen LogP contribution in [0.15, 0.2) is 49.1 Å². The van der Waals surface area contributed by atoms with Gasteiger partial charge in [-0.3, -0.25) is 4.79 Å². The van der Waals surface area contributed by atoms with Crippen molar-refractivity contribution in [2.45, 2.75) is 69.3 Å². The molecule has 1 saturated carbocycles. The van der Waals surface area contributed by atoms with E-state index in [4.69, 9.17) is 4.74 Å². The van der Waals surface area contributed by atoms with Crippen LogP contribution in [0.5, 0.6) is 11.5 Å². The number of halogens is 3. The Kier molecular flexibility index (Phi) is 6.65. The van der Waals surface area contributed by atoms with Crippen molar-refractivity contribution in [1.82, 2.24) is 5.32 Å². The van der Waals surface area contributed by atoms with Crippen LogP contribution in [-0.4, -0.2) is 53.3 Å². The number of quaternary nitrogens is 1. The van der Waals surface area contributed by atoms with Crippen LogP contribution in [0.2, 0.25) is 0 Å². The topological polar surface area (TPSA) is 58.6 Å². The van der Waals surface area contributed by atoms with Crippen molar-refractivity contribution in [3.8, 4) is 23.3 Å². The van der Waals surface area contributed by atoms with Crippen molar-refractivity contribution in [1.29, 1.82) is 0 Å². The summed E-state index contributed by atoms with van der Waals surface area (Å²) in [6, 6.07) is 8.10. The van der Waals surface area contributed by atoms with Crippen LogP contribution in [0, 0.1) is 23.7 Å². The average molecular weight is 566 g/mol. The number of ether oxygens (including phenoxy) is 1. The summed E-state index contributed by atoms with van der Waals surface area (Å²) in [7, 11) is 0. The Labute approximate surface area is 239 Å². The summed E-state index contributed by atoms with van der Waals surface area (Å²) in [6.07, 6.45) is 0.697. The van der Waals surface area contributed by atoms with Crippen molar-refractivity contribution in [2.75, 3.05) is 19.6 Å². The number of nitrogens with zero attached hydrogens (tertiary/aromatic N) is 1. The van der Waals surface area contributed by atoms with Crippen LogP contribution in [0.4, 0.5) is 13.2 Å². The fourth-order valence-corrected chi connectivity index (χ4v) is 8.64. The van der Waals surface area contributed by atoms with E-state index in [1.54, 1.807) is 6.07 Å². The lowest BCUT2D eigenvalue weighted by molar-refractivity contribution is -0.960. The third-order valence-electron chi connectivity index (χ3n) is 9.92. The molecule has 2 fully saturated rings. The number of phenolic OH excluding ortho intramolecular Hbond substituents is 1. The zero-order valence-corrected chi connectivity index (χ0v) is 23.4. The summed E-state index contributed by atoms with van der Waals surface area (Å²) >= 11 is 0. The van der Waals surface area contributed by atoms with Crippen molar-refractivity contribution in [3.63, 3.8) is 0 Å². The monoisotopic (exact) mass is 565 g/mol. The van der Waals surface area contributed by atoms with Gasteiger partial charge in [0, 0.05) is 47.3 Å². The molecule has 41 heavy (non-hydrogen) atoms. The van der Waals surface area contributed by atoms with Crippen molar-refractivity contribution in [2.24, 2.45) is 11.8 Å². The van der Waals surface area contributed by atoms with Crippen LogP contribution in [-0.2, 0) is 22.8 Å². The number of aromatic hydroxyl groups is 1. The molecular weight excluding hydrogens is 529 g/mol. The number of benzene rings is 2. The molecule has 2 heterocycles. The summed E-state index contributed by atoms with van der Waals surface area (Å²) in [5, 5.41) is 14.1. The van der Waals surface area contributed by atoms with Gasteiger partial charge < -0.3 is 19.6 Å². The number of nitrogens with one attached hydrogen (secondary N) is 1. The minimum absolute atomic E-state index is 0.272. The third-order valence-corrected chi connectivity index (χ3v) is 9.92. The third kappa shape index (κ3) is 4.41. The molecule has 2 aliphatic heterocycles. The maximum atomic E-state index is 13.0. The van der Waals surface area contributed by atoms with Crippen molar-refractivity contribution >= 4 is 5.91 Å². The number of phenols is 1. The first kappa shape index (κ1) is 27.7. The van der Waals surface area contributed by atoms with Gasteiger partial charge in [-0.1, -0.05) is 26.3 Å². The molecule has 4 aliphatic rings. The number of carbonyl (C=O) groups excluding carboxylic acids is 1. The van der Waals surface area contributed by atoms with Crippen LogP contribution in [0.1, 0.15) is 55.4 Å². The summed E-state index contributed by atoms with van der Waals surface area (Å²) < 4.78 is 46.2. The molecule has 0 radical (unpaired) electrons. The summed E-state index contributed by atoms with van der Waals surface area (Å²) in [5.74, 6) is 6.76. The summed E-state index contributed by atoms with van der Waals surface area (Å²) in [5.41, 5.74) is 1.39. The van der Waals surface area contributed by atoms with Gasteiger partial charge in [-0.15, -0.1) is 0 Å². The van der Waals surface area contributed by atoms with Crippen LogP contribution in [0.3, 0.4) is 0 Å². The predicted molar refractivity (Wildman–Crippen MR) is 149 cm³/mol. The lowest BCUT2D eigenvalue weighted by Crippen LogP contribution is -2.74. The first-order valence-corrected chi connectivity index (χ1v) is 14.5. The van der Waals surface area contributed by atoms with E-state index in [2.05, 4.69) is 37.6 Å². The van der Waals surface area contributed by atoms with Crippen molar-refractivity contribution < 1.29 is 32.3 Å². The van der Waals surface area contributed by atoms with Gasteiger partial charge in [-0.2, -0.15) is 13.2 Å². The Bertz CT molecular complexity index is 1440. The molecule has 2 N–H and O–H groups in total. The first-order chi connectivity index (χ1) is 19.5. The molecule has 1 amide bonds. The molecule has 2 aromatic carbocycles. The molecule has 2 aliphatic carbocycles. The second kappa shape index (κ2) is 9.84. The highest BCUT2D eigenvalue weighted by Crippen LogP contribution is 2.64. The Morgan fingerprint density at radius 3 is 2.68 bits per heavy atom. The number of likely N-dealkylation sites (tertiary alicyclic amines) is 1. The number of rotatable bonds is 5. The highest BCUT2D eigenvalue weighted by Gasteiger charge is 2.69. The molecule has 8 heteroatoms. The van der Waals surface area contributed by atoms with Crippen molar-refractivity contribution in [3.05, 3.63) is 71.3 Å². The molecule has 216 valence electrons. The van der Waals surface area contributed by atoms with E-state index in [-0.39, 0.29) is 17.6 Å². The molecule has 6 atom stereocenters. The zero-order valence-electron chi connectivity index (χ0n) is 23.4. The summed E-state index contributed by atoms with van der Waals surface area (Å²) in [4.78, 5) is 13.0. The van der Waals surface area contributed by atoms with Gasteiger partial charge in [0.2, 0.25) is 0 Å². The SMILES string of the molecule is C=CC[N+]1(CC(C)C)CC[C@@]23c4c5ccc(O)c4C[C@@H]1[C@@H]2CC[C@H](NC(=O)C#Cc1ccc(C(F)(F)F)cc1)[C@@H]3O5. The Balaban J connectivity index is 1.30. The Morgan fingerprint density at radius 2 is 2.00 bits per heavy atom. The number of amides is 1. The Morgan fingerprint density at radius 1 is 1.24 bits per heavy atom. The molecule has 0 aromatic heterocycles. The smallest absolute Gasteiger partial charge is 0.416 e. The number of piperidine rings is 1. The van der Waals surface area contributed by atoms with Crippen LogP contribution >= 0.6 is 0 Å². The maximum Gasteiger partial charge on any atom is 0.416 e. The standard InChI is InChI=1S/C33H35F3N2O3/c1-4-16-38(19-20(2)3)17-15-32-24-10-11-25(31(32)41-28-13-12-27(39)23(30(28)32)18-26(24)38)37-29(40)14-7-21-5-8-22(9-6-21)33(34,35)36/h4-6,8-9,12-13,20,24-26,31H,1,10-11,15-19H2,2-3H3,(H-,37,39,40)/p+1/t24-,25-,26+,31-,32-,38?/m0/s1. The largest absolute Gasteiger partial charge is 0.508 e. The van der Waals surface area contributed by atoms with Crippen LogP contribution < -0.4 is 10.1 Å². The van der Waals surface area contributed by atoms with Gasteiger partial charge in [0.25, 0.3) is 5.91 Å². The molecule has 1 unspecified atom stereocenters. The lowest BCUT2D eigenvalue weighted by Gasteiger charge is -2.63. The number of hydrogen-bond acceptors (Lipinski definition) is 3. The summed E-state index contributed by atoms with van der Waals surface area (Å²) in [6.45, 7) is 11.5. The van der Waals surface area contributed by atoms with Gasteiger partial charge in [0.05, 0.1) is 42.7 Å². The van der Waals surface area contributed by atoms with E-state index in [0.717, 1.165) is 78.8 Å². The molecule has 6 rings (SSSR count). The van der Waals surface area contributed by atoms with Gasteiger partial charge in [0.15, 0.2) is 0 Å². The maximum absolute atomic E-state index is 13.0. The van der Waals surface area contributed by atoms with Gasteiger partial charge >= 0.3 is 6.18 Å². The van der Waals surface area contributed by atoms with E-state index in [0.29, 0.717) is 29.2 Å². The van der Waals surface area contributed by atoms with E-state index in [1.165, 1.54) is 12.1 Å². The normalized spacial score (nSPS) is 31.0. The van der Waals surface area contributed by atoms with Gasteiger partial charge in [-0.25, -0.2) is 0 Å². The molecule has 1 spiro atoms. The average Bonchev–Trinajstić information content (AvgIpc) is 3.25. The van der Waals surface area contributed by atoms with E-state index in [9.17, 15) is 23.1 Å². The molecule has 5 nitrogen and oxygen atoms in total. The van der Waals surface area contributed by atoms with E-state index in [1.807, 2.05) is 12.1 Å². The highest BCUT2D eigenvalue weighted by atomic mass is 19.4. The Hall–Kier alpha value is -3.44. The fourth-order valence-electron chi connectivity index (χ4n) is 8.64. The van der Waals surface area contributed by atoms with Gasteiger partial charge in [0.1, 0.15) is 17.6 Å². The first-order valence-electron chi connectivity index (χ1n) is 14.5. The second-order valence-corrected chi connectivity index (χ2v) is 12.6. The van der Waals surface area contributed by atoms with E-state index < -0.39 is 17.6 Å². The predicted octanol–water partition coefficient (Wildman–Crippen LogP) is 5.34. The quantitative estimate of drug-likeness (QED) is 0.292. The highest BCUT2D eigenvalue weighted by molar-refractivity contribution is 5.94. The zero-order chi connectivity index (χ0) is 29.2. The minimum Gasteiger partial charge on any atom is -0.508 e. The second-order valence-electron chi connectivity index (χ2n) is 12.6. The van der Waals surface area contributed by atoms with Gasteiger partial charge in [-0.05, 0) is 55.3 Å². The van der Waals surface area contributed by atoms with E-state index >= 15 is 0 Å².